The second kappa shape index (κ2) is 13.9. The van der Waals surface area contributed by atoms with E-state index in [1.54, 1.807) is 36.4 Å². The third-order valence-corrected chi connectivity index (χ3v) is 7.55. The first-order valence-electron chi connectivity index (χ1n) is 13.1. The van der Waals surface area contributed by atoms with Crippen molar-refractivity contribution in [1.29, 1.82) is 0 Å². The number of amides is 1. The molecule has 0 aliphatic carbocycles. The number of rotatable bonds is 0. The van der Waals surface area contributed by atoms with E-state index >= 15 is 0 Å². The molecular formula is C29H33N3O7S. The summed E-state index contributed by atoms with van der Waals surface area (Å²) in [5.41, 5.74) is 1.92. The van der Waals surface area contributed by atoms with E-state index in [0.717, 1.165) is 5.56 Å². The number of esters is 1. The molecule has 3 aromatic rings. The van der Waals surface area contributed by atoms with Gasteiger partial charge in [-0.1, -0.05) is 12.1 Å². The number of ether oxygens (including phenoxy) is 2. The summed E-state index contributed by atoms with van der Waals surface area (Å²) in [6, 6.07) is 19.6. The number of nitrogens with one attached hydrogen (secondary N) is 3. The van der Waals surface area contributed by atoms with Crippen LogP contribution in [0.4, 0.5) is 11.4 Å². The molecule has 4 heterocycles. The maximum Gasteiger partial charge on any atom is 0.311 e. The van der Waals surface area contributed by atoms with Gasteiger partial charge in [0.2, 0.25) is 5.91 Å². The van der Waals surface area contributed by atoms with Gasteiger partial charge in [0.15, 0.2) is 0 Å². The molecule has 4 aliphatic rings. The van der Waals surface area contributed by atoms with Gasteiger partial charge < -0.3 is 25.2 Å². The Hall–Kier alpha value is -3.93. The minimum Gasteiger partial charge on any atom is -0.491 e. The summed E-state index contributed by atoms with van der Waals surface area (Å²) in [6.45, 7) is 1.05. The zero-order chi connectivity index (χ0) is 28.4. The van der Waals surface area contributed by atoms with E-state index < -0.39 is 22.1 Å². The molecule has 212 valence electrons. The second-order valence-electron chi connectivity index (χ2n) is 9.45. The van der Waals surface area contributed by atoms with Crippen molar-refractivity contribution in [3.63, 3.8) is 0 Å². The molecule has 0 unspecified atom stereocenters. The van der Waals surface area contributed by atoms with Gasteiger partial charge in [-0.25, -0.2) is 8.42 Å². The Bertz CT molecular complexity index is 1380. The van der Waals surface area contributed by atoms with Crippen LogP contribution >= 0.6 is 0 Å². The van der Waals surface area contributed by atoms with Crippen molar-refractivity contribution in [2.45, 2.75) is 43.1 Å². The molecule has 7 rings (SSSR count). The molecule has 11 heteroatoms. The van der Waals surface area contributed by atoms with Crippen molar-refractivity contribution in [3.8, 4) is 11.5 Å². The number of sulfonamides is 1. The summed E-state index contributed by atoms with van der Waals surface area (Å²) in [6.07, 6.45) is 1.30. The average molecular weight is 568 g/mol. The van der Waals surface area contributed by atoms with E-state index in [4.69, 9.17) is 9.47 Å². The maximum atomic E-state index is 12.8. The first-order chi connectivity index (χ1) is 19.3. The van der Waals surface area contributed by atoms with E-state index in [9.17, 15) is 23.1 Å². The van der Waals surface area contributed by atoms with Gasteiger partial charge in [0.05, 0.1) is 4.90 Å². The molecule has 1 amide bonds. The summed E-state index contributed by atoms with van der Waals surface area (Å²) in [7, 11) is -3.81. The normalized spacial score (nSPS) is 19.3. The third kappa shape index (κ3) is 9.08. The van der Waals surface area contributed by atoms with Gasteiger partial charge in [0.25, 0.3) is 10.0 Å². The van der Waals surface area contributed by atoms with Gasteiger partial charge in [-0.15, -0.1) is 0 Å². The van der Waals surface area contributed by atoms with Gasteiger partial charge in [-0.3, -0.25) is 14.3 Å². The van der Waals surface area contributed by atoms with Crippen molar-refractivity contribution in [3.05, 3.63) is 78.4 Å². The fourth-order valence-electron chi connectivity index (χ4n) is 3.99. The number of fused-ring (bicyclic) bond motifs is 3. The van der Waals surface area contributed by atoms with E-state index in [2.05, 4.69) is 15.4 Å². The maximum absolute atomic E-state index is 12.8. The van der Waals surface area contributed by atoms with Gasteiger partial charge in [-0.2, -0.15) is 0 Å². The smallest absolute Gasteiger partial charge is 0.311 e. The topological polar surface area (TPSA) is 143 Å². The van der Waals surface area contributed by atoms with Crippen molar-refractivity contribution >= 4 is 33.3 Å². The Morgan fingerprint density at radius 3 is 2.15 bits per heavy atom. The minimum absolute atomic E-state index is 0.0679. The molecule has 1 atom stereocenters. The quantitative estimate of drug-likeness (QED) is 0.239. The SMILES string of the molecule is O=C1CCCCC(=O)Oc2ccc(cc2)OC[C@H](O)CNCCc2ccc(cc2)NS(=O)(=O)c2ccc(cc2)N1. The number of carbonyl (C=O) groups is 2. The molecule has 4 aliphatic heterocycles. The van der Waals surface area contributed by atoms with Gasteiger partial charge in [0, 0.05) is 30.8 Å². The summed E-state index contributed by atoms with van der Waals surface area (Å²) >= 11 is 0. The molecule has 6 bridgehead atoms. The second-order valence-corrected chi connectivity index (χ2v) is 11.1. The van der Waals surface area contributed by atoms with Crippen LogP contribution in [0.3, 0.4) is 0 Å². The van der Waals surface area contributed by atoms with Crippen LogP contribution in [0.5, 0.6) is 11.5 Å². The van der Waals surface area contributed by atoms with E-state index in [-0.39, 0.29) is 30.3 Å². The number of benzene rings is 3. The zero-order valence-corrected chi connectivity index (χ0v) is 22.8. The highest BCUT2D eigenvalue weighted by Crippen LogP contribution is 2.20. The van der Waals surface area contributed by atoms with Crippen LogP contribution in [0.25, 0.3) is 0 Å². The van der Waals surface area contributed by atoms with Crippen LogP contribution in [0, 0.1) is 0 Å². The summed E-state index contributed by atoms with van der Waals surface area (Å²) in [5.74, 6) is 0.288. The lowest BCUT2D eigenvalue weighted by Crippen LogP contribution is -2.32. The van der Waals surface area contributed by atoms with E-state index in [1.165, 1.54) is 24.3 Å². The summed E-state index contributed by atoms with van der Waals surface area (Å²) in [5, 5.41) is 16.1. The van der Waals surface area contributed by atoms with Gasteiger partial charge in [-0.05, 0) is 92.0 Å². The highest BCUT2D eigenvalue weighted by molar-refractivity contribution is 7.92. The number of hydrogen-bond donors (Lipinski definition) is 4. The minimum atomic E-state index is -3.81. The first-order valence-corrected chi connectivity index (χ1v) is 14.6. The Morgan fingerprint density at radius 1 is 0.775 bits per heavy atom. The van der Waals surface area contributed by atoms with Crippen molar-refractivity contribution in [2.24, 2.45) is 0 Å². The number of carbonyl (C=O) groups excluding carboxylic acids is 2. The van der Waals surface area contributed by atoms with Crippen LogP contribution in [-0.4, -0.2) is 51.2 Å². The lowest BCUT2D eigenvalue weighted by Gasteiger charge is -2.14. The molecule has 3 aromatic carbocycles. The van der Waals surface area contributed by atoms with Gasteiger partial charge >= 0.3 is 5.97 Å². The largest absolute Gasteiger partial charge is 0.491 e. The van der Waals surface area contributed by atoms with Crippen LogP contribution < -0.4 is 24.8 Å². The van der Waals surface area contributed by atoms with Crippen LogP contribution in [0.15, 0.2) is 77.7 Å². The number of aliphatic hydroxyl groups is 1. The molecule has 0 radical (unpaired) electrons. The Kier molecular flexibility index (Phi) is 10.1. The lowest BCUT2D eigenvalue weighted by atomic mass is 10.1. The number of anilines is 2. The highest BCUT2D eigenvalue weighted by Gasteiger charge is 2.15. The molecule has 10 nitrogen and oxygen atoms in total. The van der Waals surface area contributed by atoms with E-state index in [0.29, 0.717) is 55.2 Å². The monoisotopic (exact) mass is 567 g/mol. The van der Waals surface area contributed by atoms with Crippen LogP contribution in [0.2, 0.25) is 0 Å². The Balaban J connectivity index is 1.41. The van der Waals surface area contributed by atoms with E-state index in [1.807, 2.05) is 12.1 Å². The predicted octanol–water partition coefficient (Wildman–Crippen LogP) is 3.48. The third-order valence-electron chi connectivity index (χ3n) is 6.16. The van der Waals surface area contributed by atoms with Crippen molar-refractivity contribution < 1.29 is 32.6 Å². The molecule has 0 spiro atoms. The Labute approximate surface area is 233 Å². The zero-order valence-electron chi connectivity index (χ0n) is 22.0. The highest BCUT2D eigenvalue weighted by atomic mass is 32.2. The molecule has 0 saturated heterocycles. The molecule has 4 N–H and O–H groups in total. The predicted molar refractivity (Wildman–Crippen MR) is 151 cm³/mol. The summed E-state index contributed by atoms with van der Waals surface area (Å²) in [4.78, 5) is 24.5. The molecule has 0 aromatic heterocycles. The van der Waals surface area contributed by atoms with Crippen LogP contribution in [-0.2, 0) is 26.0 Å². The fourth-order valence-corrected chi connectivity index (χ4v) is 5.05. The molecule has 40 heavy (non-hydrogen) atoms. The molecule has 0 fully saturated rings. The van der Waals surface area contributed by atoms with Crippen molar-refractivity contribution in [1.82, 2.24) is 5.32 Å². The molecular weight excluding hydrogens is 534 g/mol. The fraction of sp³-hybridized carbons (Fsp3) is 0.310. The average Bonchev–Trinajstić information content (AvgIpc) is 2.94. The lowest BCUT2D eigenvalue weighted by molar-refractivity contribution is -0.134. The van der Waals surface area contributed by atoms with Gasteiger partial charge in [0.1, 0.15) is 24.2 Å². The number of aliphatic hydroxyl groups excluding tert-OH is 1. The van der Waals surface area contributed by atoms with Crippen molar-refractivity contribution in [2.75, 3.05) is 29.7 Å². The number of hydrogen-bond acceptors (Lipinski definition) is 8. The van der Waals surface area contributed by atoms with Crippen LogP contribution in [0.1, 0.15) is 31.2 Å². The summed E-state index contributed by atoms with van der Waals surface area (Å²) < 4.78 is 39.1. The standard InChI is InChI=1S/C29H33N3O7S/c33-24-19-30-18-17-21-5-7-23(8-6-21)32-40(36,37)27-15-9-22(10-16-27)31-28(34)3-1-2-4-29(35)39-26-13-11-25(12-14-26)38-20-24/h5-16,24,30,32-33H,1-4,17-20H2,(H,31,34)/t24-/m1/s1. The Morgan fingerprint density at radius 2 is 1.43 bits per heavy atom. The molecule has 0 saturated carbocycles. The first kappa shape index (κ1) is 29.1.